The fourth-order valence-corrected chi connectivity index (χ4v) is 1.24. The van der Waals surface area contributed by atoms with Gasteiger partial charge in [0.15, 0.2) is 0 Å². The van der Waals surface area contributed by atoms with Gasteiger partial charge in [-0.1, -0.05) is 13.3 Å². The van der Waals surface area contributed by atoms with E-state index in [1.807, 2.05) is 0 Å². The molecule has 1 heterocycles. The van der Waals surface area contributed by atoms with Crippen LogP contribution in [0.1, 0.15) is 19.8 Å². The van der Waals surface area contributed by atoms with Crippen LogP contribution in [-0.2, 0) is 14.3 Å². The zero-order valence-electron chi connectivity index (χ0n) is 7.79. The first-order valence-corrected chi connectivity index (χ1v) is 4.47. The highest BCUT2D eigenvalue weighted by molar-refractivity contribution is 5.45. The smallest absolute Gasteiger partial charge is 0.229 e. The molecule has 0 spiro atoms. The summed E-state index contributed by atoms with van der Waals surface area (Å²) < 4.78 is 10.1. The van der Waals surface area contributed by atoms with Crippen LogP contribution in [0.25, 0.3) is 0 Å². The van der Waals surface area contributed by atoms with Crippen LogP contribution in [0.15, 0.2) is 12.0 Å². The summed E-state index contributed by atoms with van der Waals surface area (Å²) in [6.07, 6.45) is 4.21. The molecule has 0 saturated carbocycles. The van der Waals surface area contributed by atoms with Crippen molar-refractivity contribution in [1.29, 1.82) is 0 Å². The lowest BCUT2D eigenvalue weighted by Gasteiger charge is -2.13. The lowest BCUT2D eigenvalue weighted by atomic mass is 10.0. The van der Waals surface area contributed by atoms with E-state index in [0.29, 0.717) is 19.3 Å². The molecule has 74 valence electrons. The Hall–Kier alpha value is -1.19. The zero-order chi connectivity index (χ0) is 9.52. The molecule has 13 heavy (non-hydrogen) atoms. The summed E-state index contributed by atoms with van der Waals surface area (Å²) in [5.74, 6) is 1.30. The second kappa shape index (κ2) is 5.45. The first-order valence-electron chi connectivity index (χ1n) is 4.47. The first-order chi connectivity index (χ1) is 6.36. The van der Waals surface area contributed by atoms with Crippen LogP contribution in [0.5, 0.6) is 0 Å². The molecular weight excluding hydrogens is 170 g/mol. The molecule has 0 aromatic heterocycles. The van der Waals surface area contributed by atoms with Gasteiger partial charge in [-0.05, 0) is 5.92 Å². The molecule has 1 aliphatic heterocycles. The third-order valence-corrected chi connectivity index (χ3v) is 2.08. The maximum Gasteiger partial charge on any atom is 0.229 e. The van der Waals surface area contributed by atoms with Gasteiger partial charge in [0.2, 0.25) is 13.2 Å². The van der Waals surface area contributed by atoms with E-state index < -0.39 is 0 Å². The van der Waals surface area contributed by atoms with Crippen molar-refractivity contribution in [1.82, 2.24) is 5.32 Å². The van der Waals surface area contributed by atoms with Crippen molar-refractivity contribution < 1.29 is 14.3 Å². The number of amides is 1. The Morgan fingerprint density at radius 3 is 3.15 bits per heavy atom. The molecule has 4 heteroatoms. The van der Waals surface area contributed by atoms with Crippen molar-refractivity contribution in [3.05, 3.63) is 12.0 Å². The summed E-state index contributed by atoms with van der Waals surface area (Å²) in [6.45, 7) is 3.11. The molecule has 0 fully saturated rings. The summed E-state index contributed by atoms with van der Waals surface area (Å²) in [4.78, 5) is 10.1. The van der Waals surface area contributed by atoms with Crippen molar-refractivity contribution in [3.63, 3.8) is 0 Å². The third-order valence-electron chi connectivity index (χ3n) is 2.08. The number of hydrogen-bond acceptors (Lipinski definition) is 3. The van der Waals surface area contributed by atoms with Crippen molar-refractivity contribution >= 4 is 6.41 Å². The van der Waals surface area contributed by atoms with Gasteiger partial charge >= 0.3 is 0 Å². The molecule has 1 unspecified atom stereocenters. The fraction of sp³-hybridized carbons (Fsp3) is 0.667. The number of rotatable bonds is 6. The average molecular weight is 185 g/mol. The molecule has 0 saturated heterocycles. The SMILES string of the molecule is CCC(CNC=O)CC1=COCO1. The van der Waals surface area contributed by atoms with Crippen LogP contribution in [0, 0.1) is 5.92 Å². The highest BCUT2D eigenvalue weighted by Gasteiger charge is 2.13. The fourth-order valence-electron chi connectivity index (χ4n) is 1.24. The van der Waals surface area contributed by atoms with E-state index in [1.54, 1.807) is 6.26 Å². The number of carbonyl (C=O) groups is 1. The minimum absolute atomic E-state index is 0.326. The second-order valence-electron chi connectivity index (χ2n) is 3.02. The predicted octanol–water partition coefficient (Wildman–Crippen LogP) is 0.994. The van der Waals surface area contributed by atoms with E-state index in [2.05, 4.69) is 12.2 Å². The highest BCUT2D eigenvalue weighted by atomic mass is 16.7. The Labute approximate surface area is 77.9 Å². The molecular formula is C9H15NO3. The van der Waals surface area contributed by atoms with Gasteiger partial charge in [0, 0.05) is 13.0 Å². The van der Waals surface area contributed by atoms with Crippen molar-refractivity contribution in [2.75, 3.05) is 13.3 Å². The molecule has 1 N–H and O–H groups in total. The van der Waals surface area contributed by atoms with Crippen molar-refractivity contribution in [2.45, 2.75) is 19.8 Å². The van der Waals surface area contributed by atoms with Crippen LogP contribution in [-0.4, -0.2) is 19.7 Å². The maximum absolute atomic E-state index is 10.1. The largest absolute Gasteiger partial charge is 0.462 e. The van der Waals surface area contributed by atoms with Gasteiger partial charge in [-0.25, -0.2) is 0 Å². The molecule has 1 aliphatic rings. The monoisotopic (exact) mass is 185 g/mol. The summed E-state index contributed by atoms with van der Waals surface area (Å²) >= 11 is 0. The van der Waals surface area contributed by atoms with Crippen LogP contribution >= 0.6 is 0 Å². The van der Waals surface area contributed by atoms with E-state index in [0.717, 1.165) is 25.0 Å². The van der Waals surface area contributed by atoms with Crippen LogP contribution in [0.4, 0.5) is 0 Å². The molecule has 0 bridgehead atoms. The van der Waals surface area contributed by atoms with E-state index in [9.17, 15) is 4.79 Å². The predicted molar refractivity (Wildman–Crippen MR) is 47.6 cm³/mol. The Balaban J connectivity index is 2.25. The standard InChI is InChI=1S/C9H15NO3/c1-2-8(4-10-6-11)3-9-5-12-7-13-9/h5-6,8H,2-4,7H2,1H3,(H,10,11). The Kier molecular flexibility index (Phi) is 4.15. The summed E-state index contributed by atoms with van der Waals surface area (Å²) in [6, 6.07) is 0. The average Bonchev–Trinajstić information content (AvgIpc) is 2.64. The van der Waals surface area contributed by atoms with E-state index in [-0.39, 0.29) is 0 Å². The van der Waals surface area contributed by atoms with E-state index in [4.69, 9.17) is 9.47 Å². The van der Waals surface area contributed by atoms with Gasteiger partial charge in [0.1, 0.15) is 12.0 Å². The minimum Gasteiger partial charge on any atom is -0.462 e. The van der Waals surface area contributed by atoms with Gasteiger partial charge in [0.25, 0.3) is 0 Å². The Morgan fingerprint density at radius 2 is 2.62 bits per heavy atom. The first kappa shape index (κ1) is 9.89. The molecule has 0 aromatic rings. The zero-order valence-corrected chi connectivity index (χ0v) is 7.79. The Bertz CT molecular complexity index is 191. The van der Waals surface area contributed by atoms with Gasteiger partial charge in [-0.15, -0.1) is 0 Å². The number of carbonyl (C=O) groups excluding carboxylic acids is 1. The number of allylic oxidation sites excluding steroid dienone is 1. The van der Waals surface area contributed by atoms with Gasteiger partial charge < -0.3 is 14.8 Å². The van der Waals surface area contributed by atoms with E-state index in [1.165, 1.54) is 0 Å². The van der Waals surface area contributed by atoms with Gasteiger partial charge in [0.05, 0.1) is 0 Å². The van der Waals surface area contributed by atoms with Gasteiger partial charge in [-0.3, -0.25) is 4.79 Å². The molecule has 0 aromatic carbocycles. The summed E-state index contributed by atoms with van der Waals surface area (Å²) in [7, 11) is 0. The molecule has 0 radical (unpaired) electrons. The van der Waals surface area contributed by atoms with Crippen LogP contribution < -0.4 is 5.32 Å². The van der Waals surface area contributed by atoms with Crippen LogP contribution in [0.3, 0.4) is 0 Å². The summed E-state index contributed by atoms with van der Waals surface area (Å²) in [5, 5.41) is 2.67. The van der Waals surface area contributed by atoms with Gasteiger partial charge in [-0.2, -0.15) is 0 Å². The van der Waals surface area contributed by atoms with E-state index >= 15 is 0 Å². The maximum atomic E-state index is 10.1. The lowest BCUT2D eigenvalue weighted by Crippen LogP contribution is -2.21. The summed E-state index contributed by atoms with van der Waals surface area (Å²) in [5.41, 5.74) is 0. The molecule has 1 amide bonds. The second-order valence-corrected chi connectivity index (χ2v) is 3.02. The van der Waals surface area contributed by atoms with Crippen molar-refractivity contribution in [3.8, 4) is 0 Å². The Morgan fingerprint density at radius 1 is 1.77 bits per heavy atom. The van der Waals surface area contributed by atoms with Crippen LogP contribution in [0.2, 0.25) is 0 Å². The van der Waals surface area contributed by atoms with Crippen molar-refractivity contribution in [2.24, 2.45) is 5.92 Å². The topological polar surface area (TPSA) is 47.6 Å². The molecule has 0 aliphatic carbocycles. The highest BCUT2D eigenvalue weighted by Crippen LogP contribution is 2.18. The molecule has 4 nitrogen and oxygen atoms in total. The third kappa shape index (κ3) is 3.36. The lowest BCUT2D eigenvalue weighted by molar-refractivity contribution is -0.109. The number of nitrogens with one attached hydrogen (secondary N) is 1. The quantitative estimate of drug-likeness (QED) is 0.628. The molecule has 1 rings (SSSR count). The number of ether oxygens (including phenoxy) is 2. The minimum atomic E-state index is 0.326. The number of hydrogen-bond donors (Lipinski definition) is 1. The normalized spacial score (nSPS) is 16.8. The molecule has 1 atom stereocenters.